The first-order chi connectivity index (χ1) is 10.6. The average molecular weight is 381 g/mol. The lowest BCUT2D eigenvalue weighted by Crippen LogP contribution is -2.22. The molecule has 0 saturated heterocycles. The van der Waals surface area contributed by atoms with Crippen LogP contribution >= 0.6 is 27.5 Å². The maximum atomic E-state index is 12.2. The zero-order chi connectivity index (χ0) is 15.9. The van der Waals surface area contributed by atoms with Gasteiger partial charge in [-0.3, -0.25) is 4.79 Å². The van der Waals surface area contributed by atoms with Crippen LogP contribution in [-0.4, -0.2) is 12.5 Å². The Morgan fingerprint density at radius 1 is 1.32 bits per heavy atom. The SMILES string of the molecule is C=CCOc1ccc(C(=O)NCc2ccccc2Cl)cc1Br. The number of amides is 1. The van der Waals surface area contributed by atoms with Crippen LogP contribution in [0.1, 0.15) is 15.9 Å². The molecule has 0 saturated carbocycles. The van der Waals surface area contributed by atoms with Crippen molar-refractivity contribution >= 4 is 33.4 Å². The van der Waals surface area contributed by atoms with Gasteiger partial charge in [0.2, 0.25) is 0 Å². The van der Waals surface area contributed by atoms with E-state index in [-0.39, 0.29) is 5.91 Å². The molecule has 5 heteroatoms. The molecule has 0 atom stereocenters. The normalized spacial score (nSPS) is 10.1. The number of ether oxygens (including phenoxy) is 1. The van der Waals surface area contributed by atoms with Crippen molar-refractivity contribution in [3.8, 4) is 5.75 Å². The van der Waals surface area contributed by atoms with Crippen LogP contribution in [0.25, 0.3) is 0 Å². The van der Waals surface area contributed by atoms with Gasteiger partial charge in [0.25, 0.3) is 5.91 Å². The number of carbonyl (C=O) groups is 1. The van der Waals surface area contributed by atoms with Gasteiger partial charge in [0, 0.05) is 17.1 Å². The Kier molecular flexibility index (Phi) is 6.04. The van der Waals surface area contributed by atoms with Gasteiger partial charge in [0.15, 0.2) is 0 Å². The maximum absolute atomic E-state index is 12.2. The molecule has 0 radical (unpaired) electrons. The summed E-state index contributed by atoms with van der Waals surface area (Å²) in [6.45, 7) is 4.39. The van der Waals surface area contributed by atoms with E-state index in [4.69, 9.17) is 16.3 Å². The van der Waals surface area contributed by atoms with Crippen LogP contribution in [0.5, 0.6) is 5.75 Å². The zero-order valence-corrected chi connectivity index (χ0v) is 14.2. The van der Waals surface area contributed by atoms with Crippen LogP contribution in [0.2, 0.25) is 5.02 Å². The second-order valence-electron chi connectivity index (χ2n) is 4.52. The molecule has 0 aromatic heterocycles. The highest BCUT2D eigenvalue weighted by molar-refractivity contribution is 9.10. The number of rotatable bonds is 6. The van der Waals surface area contributed by atoms with Crippen molar-refractivity contribution in [3.63, 3.8) is 0 Å². The molecule has 0 fully saturated rings. The number of halogens is 2. The van der Waals surface area contributed by atoms with Crippen molar-refractivity contribution in [3.05, 3.63) is 75.7 Å². The highest BCUT2D eigenvalue weighted by atomic mass is 79.9. The summed E-state index contributed by atoms with van der Waals surface area (Å²) in [5, 5.41) is 3.48. The van der Waals surface area contributed by atoms with Crippen molar-refractivity contribution in [1.82, 2.24) is 5.32 Å². The summed E-state index contributed by atoms with van der Waals surface area (Å²) in [5.41, 5.74) is 1.42. The molecule has 22 heavy (non-hydrogen) atoms. The van der Waals surface area contributed by atoms with Crippen molar-refractivity contribution in [2.45, 2.75) is 6.54 Å². The predicted octanol–water partition coefficient (Wildman–Crippen LogP) is 4.60. The van der Waals surface area contributed by atoms with Gasteiger partial charge >= 0.3 is 0 Å². The number of hydrogen-bond acceptors (Lipinski definition) is 2. The van der Waals surface area contributed by atoms with Gasteiger partial charge in [0.05, 0.1) is 4.47 Å². The topological polar surface area (TPSA) is 38.3 Å². The Balaban J connectivity index is 2.02. The highest BCUT2D eigenvalue weighted by Gasteiger charge is 2.09. The van der Waals surface area contributed by atoms with Crippen LogP contribution in [-0.2, 0) is 6.54 Å². The fraction of sp³-hybridized carbons (Fsp3) is 0.118. The number of nitrogens with one attached hydrogen (secondary N) is 1. The van der Waals surface area contributed by atoms with E-state index in [1.165, 1.54) is 0 Å². The third-order valence-corrected chi connectivity index (χ3v) is 3.94. The van der Waals surface area contributed by atoms with Crippen LogP contribution in [0.15, 0.2) is 59.6 Å². The van der Waals surface area contributed by atoms with Crippen molar-refractivity contribution in [2.24, 2.45) is 0 Å². The first-order valence-corrected chi connectivity index (χ1v) is 7.83. The van der Waals surface area contributed by atoms with Gasteiger partial charge in [-0.2, -0.15) is 0 Å². The number of hydrogen-bond donors (Lipinski definition) is 1. The Hall–Kier alpha value is -1.78. The quantitative estimate of drug-likeness (QED) is 0.744. The Morgan fingerprint density at radius 2 is 2.09 bits per heavy atom. The van der Waals surface area contributed by atoms with Crippen molar-refractivity contribution in [2.75, 3.05) is 6.61 Å². The molecule has 2 rings (SSSR count). The van der Waals surface area contributed by atoms with E-state index in [2.05, 4.69) is 27.8 Å². The second kappa shape index (κ2) is 8.01. The molecule has 114 valence electrons. The Labute approximate surface area is 143 Å². The Bertz CT molecular complexity index is 688. The molecule has 0 spiro atoms. The largest absolute Gasteiger partial charge is 0.488 e. The summed E-state index contributed by atoms with van der Waals surface area (Å²) in [6.07, 6.45) is 1.66. The van der Waals surface area contributed by atoms with E-state index in [1.54, 1.807) is 30.3 Å². The lowest BCUT2D eigenvalue weighted by atomic mass is 10.2. The maximum Gasteiger partial charge on any atom is 0.251 e. The minimum Gasteiger partial charge on any atom is -0.488 e. The van der Waals surface area contributed by atoms with Crippen LogP contribution < -0.4 is 10.1 Å². The van der Waals surface area contributed by atoms with Crippen molar-refractivity contribution in [1.29, 1.82) is 0 Å². The van der Waals surface area contributed by atoms with Crippen LogP contribution in [0.3, 0.4) is 0 Å². The molecule has 1 amide bonds. The molecule has 0 aliphatic heterocycles. The minimum absolute atomic E-state index is 0.170. The first kappa shape index (κ1) is 16.6. The van der Waals surface area contributed by atoms with Gasteiger partial charge in [-0.25, -0.2) is 0 Å². The van der Waals surface area contributed by atoms with Gasteiger partial charge in [-0.15, -0.1) is 0 Å². The number of carbonyl (C=O) groups excluding carboxylic acids is 1. The minimum atomic E-state index is -0.170. The molecule has 0 bridgehead atoms. The van der Waals surface area contributed by atoms with Gasteiger partial charge in [0.1, 0.15) is 12.4 Å². The molecule has 2 aromatic carbocycles. The van der Waals surface area contributed by atoms with E-state index in [9.17, 15) is 4.79 Å². The first-order valence-electron chi connectivity index (χ1n) is 6.66. The molecule has 0 unspecified atom stereocenters. The van der Waals surface area contributed by atoms with E-state index in [0.29, 0.717) is 29.5 Å². The summed E-state index contributed by atoms with van der Waals surface area (Å²) in [4.78, 5) is 12.2. The lowest BCUT2D eigenvalue weighted by molar-refractivity contribution is 0.0951. The molecule has 0 aliphatic carbocycles. The van der Waals surface area contributed by atoms with Crippen LogP contribution in [0, 0.1) is 0 Å². The molecular weight excluding hydrogens is 366 g/mol. The monoisotopic (exact) mass is 379 g/mol. The third-order valence-electron chi connectivity index (χ3n) is 2.95. The fourth-order valence-corrected chi connectivity index (χ4v) is 2.52. The molecule has 1 N–H and O–H groups in total. The average Bonchev–Trinajstić information content (AvgIpc) is 2.52. The second-order valence-corrected chi connectivity index (χ2v) is 5.78. The van der Waals surface area contributed by atoms with E-state index >= 15 is 0 Å². The number of benzene rings is 2. The molecule has 2 aromatic rings. The van der Waals surface area contributed by atoms with Crippen molar-refractivity contribution < 1.29 is 9.53 Å². The molecule has 0 aliphatic rings. The zero-order valence-electron chi connectivity index (χ0n) is 11.8. The summed E-state index contributed by atoms with van der Waals surface area (Å²) in [6, 6.07) is 12.6. The smallest absolute Gasteiger partial charge is 0.251 e. The summed E-state index contributed by atoms with van der Waals surface area (Å²) >= 11 is 9.46. The summed E-state index contributed by atoms with van der Waals surface area (Å²) < 4.78 is 6.17. The van der Waals surface area contributed by atoms with Crippen LogP contribution in [0.4, 0.5) is 0 Å². The summed E-state index contributed by atoms with van der Waals surface area (Å²) in [5.74, 6) is 0.499. The van der Waals surface area contributed by atoms with Gasteiger partial charge in [-0.1, -0.05) is 42.5 Å². The highest BCUT2D eigenvalue weighted by Crippen LogP contribution is 2.26. The predicted molar refractivity (Wildman–Crippen MR) is 92.5 cm³/mol. The Morgan fingerprint density at radius 3 is 2.77 bits per heavy atom. The molecule has 0 heterocycles. The molecular formula is C17H15BrClNO2. The standard InChI is InChI=1S/C17H15BrClNO2/c1-2-9-22-16-8-7-12(10-14(16)18)17(21)20-11-13-5-3-4-6-15(13)19/h2-8,10H,1,9,11H2,(H,20,21). The molecule has 3 nitrogen and oxygen atoms in total. The summed E-state index contributed by atoms with van der Waals surface area (Å²) in [7, 11) is 0. The van der Waals surface area contributed by atoms with E-state index < -0.39 is 0 Å². The van der Waals surface area contributed by atoms with E-state index in [1.807, 2.05) is 18.2 Å². The lowest BCUT2D eigenvalue weighted by Gasteiger charge is -2.09. The fourth-order valence-electron chi connectivity index (χ4n) is 1.83. The van der Waals surface area contributed by atoms with Gasteiger partial charge in [-0.05, 0) is 45.8 Å². The van der Waals surface area contributed by atoms with E-state index in [0.717, 1.165) is 10.0 Å². The third kappa shape index (κ3) is 4.36. The van der Waals surface area contributed by atoms with Gasteiger partial charge < -0.3 is 10.1 Å².